The lowest BCUT2D eigenvalue weighted by atomic mass is 10.0. The molecule has 0 saturated heterocycles. The van der Waals surface area contributed by atoms with E-state index in [1.807, 2.05) is 6.08 Å². The number of esters is 1. The Morgan fingerprint density at radius 3 is 1.01 bits per heavy atom. The molecule has 6 heteroatoms. The van der Waals surface area contributed by atoms with E-state index in [4.69, 9.17) is 4.74 Å². The summed E-state index contributed by atoms with van der Waals surface area (Å²) >= 11 is 0. The first-order valence-electron chi connectivity index (χ1n) is 34.4. The number of aliphatic hydroxyl groups is 2. The van der Waals surface area contributed by atoms with Crippen LogP contribution >= 0.6 is 0 Å². The van der Waals surface area contributed by atoms with Crippen LogP contribution in [-0.4, -0.2) is 47.4 Å². The predicted octanol–water partition coefficient (Wildman–Crippen LogP) is 22.1. The molecule has 6 nitrogen and oxygen atoms in total. The summed E-state index contributed by atoms with van der Waals surface area (Å²) in [6, 6.07) is -0.624. The SMILES string of the molecule is CCCCCC/C=C\C/C=C\CCCCCCCC(=O)OCCCCCCCCCCCCCC/C=C\CCCCCCCCCCCCCCCCCCCC(=O)NC(CO)C(O)/C=C/CCCCCCCCCCC. The van der Waals surface area contributed by atoms with E-state index in [0.29, 0.717) is 19.4 Å². The van der Waals surface area contributed by atoms with E-state index in [2.05, 4.69) is 55.6 Å². The maximum absolute atomic E-state index is 12.4. The van der Waals surface area contributed by atoms with Gasteiger partial charge >= 0.3 is 5.97 Å². The quantitative estimate of drug-likeness (QED) is 0.0320. The van der Waals surface area contributed by atoms with Gasteiger partial charge in [0.15, 0.2) is 0 Å². The van der Waals surface area contributed by atoms with Gasteiger partial charge < -0.3 is 20.3 Å². The summed E-state index contributed by atoms with van der Waals surface area (Å²) in [6.07, 6.45) is 86.3. The molecule has 0 rings (SSSR count). The van der Waals surface area contributed by atoms with Crippen LogP contribution in [0, 0.1) is 0 Å². The number of nitrogens with one attached hydrogen (secondary N) is 1. The third-order valence-corrected chi connectivity index (χ3v) is 15.8. The van der Waals surface area contributed by atoms with Crippen LogP contribution in [0.15, 0.2) is 48.6 Å². The maximum Gasteiger partial charge on any atom is 0.305 e. The number of rotatable bonds is 64. The number of carbonyl (C=O) groups excluding carboxylic acids is 2. The minimum atomic E-state index is -0.841. The fourth-order valence-electron chi connectivity index (χ4n) is 10.5. The summed E-state index contributed by atoms with van der Waals surface area (Å²) in [6.45, 7) is 4.88. The van der Waals surface area contributed by atoms with Crippen LogP contribution in [0.1, 0.15) is 367 Å². The molecule has 2 unspecified atom stereocenters. The molecular weight excluding hydrogens is 947 g/mol. The lowest BCUT2D eigenvalue weighted by molar-refractivity contribution is -0.143. The molecule has 0 radical (unpaired) electrons. The average Bonchev–Trinajstić information content (AvgIpc) is 3.43. The van der Waals surface area contributed by atoms with Gasteiger partial charge in [-0.3, -0.25) is 9.59 Å². The molecule has 0 aromatic carbocycles. The summed E-state index contributed by atoms with van der Waals surface area (Å²) in [5.41, 5.74) is 0. The van der Waals surface area contributed by atoms with Crippen molar-refractivity contribution in [2.45, 2.75) is 379 Å². The van der Waals surface area contributed by atoms with Crippen molar-refractivity contribution in [1.82, 2.24) is 5.32 Å². The van der Waals surface area contributed by atoms with Crippen molar-refractivity contribution >= 4 is 11.9 Å². The number of hydrogen-bond donors (Lipinski definition) is 3. The highest BCUT2D eigenvalue weighted by Crippen LogP contribution is 2.18. The predicted molar refractivity (Wildman–Crippen MR) is 338 cm³/mol. The molecule has 0 fully saturated rings. The Hall–Kier alpha value is -2.18. The first-order valence-corrected chi connectivity index (χ1v) is 34.4. The van der Waals surface area contributed by atoms with Crippen LogP contribution in [0.4, 0.5) is 0 Å². The van der Waals surface area contributed by atoms with Crippen molar-refractivity contribution in [3.8, 4) is 0 Å². The largest absolute Gasteiger partial charge is 0.466 e. The van der Waals surface area contributed by atoms with Gasteiger partial charge in [0.25, 0.3) is 0 Å². The zero-order chi connectivity index (χ0) is 55.7. The van der Waals surface area contributed by atoms with Crippen molar-refractivity contribution in [3.63, 3.8) is 0 Å². The molecular formula is C71H133NO5. The highest BCUT2D eigenvalue weighted by Gasteiger charge is 2.18. The molecule has 0 aliphatic rings. The molecule has 0 aliphatic heterocycles. The number of hydrogen-bond acceptors (Lipinski definition) is 5. The molecule has 77 heavy (non-hydrogen) atoms. The Balaban J connectivity index is 3.35. The van der Waals surface area contributed by atoms with E-state index < -0.39 is 12.1 Å². The van der Waals surface area contributed by atoms with Gasteiger partial charge in [-0.05, 0) is 89.9 Å². The van der Waals surface area contributed by atoms with E-state index in [-0.39, 0.29) is 18.5 Å². The molecule has 0 aromatic heterocycles. The number of allylic oxidation sites excluding steroid dienone is 7. The summed E-state index contributed by atoms with van der Waals surface area (Å²) in [4.78, 5) is 24.5. The van der Waals surface area contributed by atoms with Gasteiger partial charge in [-0.25, -0.2) is 0 Å². The smallest absolute Gasteiger partial charge is 0.305 e. The number of carbonyl (C=O) groups is 2. The molecule has 3 N–H and O–H groups in total. The lowest BCUT2D eigenvalue weighted by Crippen LogP contribution is -2.45. The Kier molecular flexibility index (Phi) is 64.5. The Labute approximate surface area is 480 Å². The fraction of sp³-hybridized carbons (Fsp3) is 0.859. The van der Waals surface area contributed by atoms with E-state index in [1.165, 1.54) is 289 Å². The van der Waals surface area contributed by atoms with Gasteiger partial charge in [-0.2, -0.15) is 0 Å². The van der Waals surface area contributed by atoms with Gasteiger partial charge in [-0.15, -0.1) is 0 Å². The molecule has 2 atom stereocenters. The van der Waals surface area contributed by atoms with Crippen LogP contribution in [0.5, 0.6) is 0 Å². The van der Waals surface area contributed by atoms with E-state index in [0.717, 1.165) is 51.4 Å². The van der Waals surface area contributed by atoms with Crippen LogP contribution < -0.4 is 5.32 Å². The Morgan fingerprint density at radius 1 is 0.364 bits per heavy atom. The number of amides is 1. The van der Waals surface area contributed by atoms with Crippen molar-refractivity contribution in [1.29, 1.82) is 0 Å². The van der Waals surface area contributed by atoms with E-state index in [9.17, 15) is 19.8 Å². The third-order valence-electron chi connectivity index (χ3n) is 15.8. The minimum Gasteiger partial charge on any atom is -0.466 e. The van der Waals surface area contributed by atoms with Crippen LogP contribution in [0.3, 0.4) is 0 Å². The molecule has 0 aromatic rings. The molecule has 0 saturated carbocycles. The van der Waals surface area contributed by atoms with Gasteiger partial charge in [0, 0.05) is 12.8 Å². The third kappa shape index (κ3) is 62.9. The Bertz CT molecular complexity index is 1290. The normalized spacial score (nSPS) is 12.8. The molecule has 0 heterocycles. The van der Waals surface area contributed by atoms with Gasteiger partial charge in [0.1, 0.15) is 0 Å². The summed E-state index contributed by atoms with van der Waals surface area (Å²) in [5, 5.41) is 23.0. The van der Waals surface area contributed by atoms with Crippen molar-refractivity contribution in [3.05, 3.63) is 48.6 Å². The number of ether oxygens (including phenoxy) is 1. The zero-order valence-corrected chi connectivity index (χ0v) is 51.7. The second kappa shape index (κ2) is 66.3. The summed E-state index contributed by atoms with van der Waals surface area (Å²) in [7, 11) is 0. The first kappa shape index (κ1) is 74.8. The standard InChI is InChI=1S/C71H133NO5/c1-3-5-7-9-11-13-15-16-17-38-41-45-49-53-57-61-65-71(76)77-66-62-58-54-50-46-42-39-36-34-32-30-28-26-24-22-20-18-19-21-23-25-27-29-31-33-35-37-40-44-48-52-56-60-64-70(75)72-68(67-73)69(74)63-59-55-51-47-43-14-12-10-8-6-4-2/h13,15,17,22,24,38,59,63,68-69,73-74H,3-12,14,16,18-21,23,25-37,39-58,60-62,64-67H2,1-2H3,(H,72,75)/b15-13-,24-22-,38-17-,63-59+. The molecule has 1 amide bonds. The monoisotopic (exact) mass is 1080 g/mol. The van der Waals surface area contributed by atoms with E-state index >= 15 is 0 Å². The Morgan fingerprint density at radius 2 is 0.649 bits per heavy atom. The fourth-order valence-corrected chi connectivity index (χ4v) is 10.5. The topological polar surface area (TPSA) is 95.9 Å². The zero-order valence-electron chi connectivity index (χ0n) is 51.7. The van der Waals surface area contributed by atoms with Crippen molar-refractivity contribution in [2.24, 2.45) is 0 Å². The van der Waals surface area contributed by atoms with Crippen molar-refractivity contribution < 1.29 is 24.5 Å². The number of aliphatic hydroxyl groups excluding tert-OH is 2. The highest BCUT2D eigenvalue weighted by atomic mass is 16.5. The summed E-state index contributed by atoms with van der Waals surface area (Å²) < 4.78 is 5.49. The number of unbranched alkanes of at least 4 members (excludes halogenated alkanes) is 47. The average molecular weight is 1080 g/mol. The van der Waals surface area contributed by atoms with Gasteiger partial charge in [-0.1, -0.05) is 313 Å². The second-order valence-corrected chi connectivity index (χ2v) is 23.5. The first-order chi connectivity index (χ1) is 38.0. The molecule has 0 bridgehead atoms. The molecule has 452 valence electrons. The summed E-state index contributed by atoms with van der Waals surface area (Å²) in [5.74, 6) is -0.0605. The van der Waals surface area contributed by atoms with E-state index in [1.54, 1.807) is 6.08 Å². The molecule has 0 aliphatic carbocycles. The van der Waals surface area contributed by atoms with Gasteiger partial charge in [0.05, 0.1) is 25.4 Å². The second-order valence-electron chi connectivity index (χ2n) is 23.5. The maximum atomic E-state index is 12.4. The molecule has 0 spiro atoms. The van der Waals surface area contributed by atoms with Crippen LogP contribution in [0.2, 0.25) is 0 Å². The minimum absolute atomic E-state index is 0.00483. The van der Waals surface area contributed by atoms with Gasteiger partial charge in [0.2, 0.25) is 5.91 Å². The van der Waals surface area contributed by atoms with Crippen LogP contribution in [0.25, 0.3) is 0 Å². The highest BCUT2D eigenvalue weighted by molar-refractivity contribution is 5.76. The lowest BCUT2D eigenvalue weighted by Gasteiger charge is -2.20. The van der Waals surface area contributed by atoms with Crippen LogP contribution in [-0.2, 0) is 14.3 Å². The van der Waals surface area contributed by atoms with Crippen molar-refractivity contribution in [2.75, 3.05) is 13.2 Å².